The van der Waals surface area contributed by atoms with E-state index in [2.05, 4.69) is 4.98 Å². The highest BCUT2D eigenvalue weighted by atomic mass is 32.1. The van der Waals surface area contributed by atoms with Crippen molar-refractivity contribution in [2.45, 2.75) is 26.4 Å². The zero-order chi connectivity index (χ0) is 20.2. The molecule has 0 bridgehead atoms. The van der Waals surface area contributed by atoms with Crippen LogP contribution in [0.1, 0.15) is 20.5 Å². The number of furan rings is 1. The minimum Gasteiger partial charge on any atom is -0.467 e. The van der Waals surface area contributed by atoms with E-state index in [1.165, 1.54) is 23.5 Å². The normalized spacial score (nSPS) is 11.0. The summed E-state index contributed by atoms with van der Waals surface area (Å²) >= 11 is 3.13. The number of thiazole rings is 1. The number of hydrogen-bond acceptors (Lipinski definition) is 5. The van der Waals surface area contributed by atoms with Gasteiger partial charge in [-0.1, -0.05) is 6.07 Å². The molecule has 0 aliphatic carbocycles. The monoisotopic (exact) mass is 426 g/mol. The van der Waals surface area contributed by atoms with Crippen molar-refractivity contribution < 1.29 is 13.6 Å². The number of carbonyl (C=O) groups excluding carboxylic acids is 1. The highest BCUT2D eigenvalue weighted by molar-refractivity contribution is 7.12. The van der Waals surface area contributed by atoms with Crippen molar-refractivity contribution in [3.63, 3.8) is 0 Å². The van der Waals surface area contributed by atoms with Gasteiger partial charge in [0.25, 0.3) is 0 Å². The molecule has 1 aromatic carbocycles. The molecule has 0 unspecified atom stereocenters. The average Bonchev–Trinajstić information content (AvgIpc) is 3.45. The Kier molecular flexibility index (Phi) is 5.87. The molecule has 4 rings (SSSR count). The molecule has 3 aromatic heterocycles. The topological polar surface area (TPSA) is 46.3 Å². The summed E-state index contributed by atoms with van der Waals surface area (Å²) in [5, 5.41) is 2.88. The Hall–Kier alpha value is -2.77. The van der Waals surface area contributed by atoms with Crippen LogP contribution >= 0.6 is 22.7 Å². The maximum atomic E-state index is 13.3. The number of nitrogens with zero attached hydrogens (tertiary/aromatic N) is 2. The van der Waals surface area contributed by atoms with E-state index < -0.39 is 0 Å². The molecule has 7 heteroatoms. The Bertz CT molecular complexity index is 1030. The highest BCUT2D eigenvalue weighted by Gasteiger charge is 2.21. The fraction of sp³-hybridized carbons (Fsp3) is 0.182. The molecule has 0 radical (unpaired) electrons. The lowest BCUT2D eigenvalue weighted by Crippen LogP contribution is -2.31. The molecule has 0 aliphatic rings. The first-order valence-corrected chi connectivity index (χ1v) is 10.8. The van der Waals surface area contributed by atoms with Gasteiger partial charge in [0.05, 0.1) is 36.5 Å². The predicted molar refractivity (Wildman–Crippen MR) is 113 cm³/mol. The lowest BCUT2D eigenvalue weighted by atomic mass is 10.1. The second-order valence-corrected chi connectivity index (χ2v) is 8.92. The standard InChI is InChI=1S/C22H19FN2O2S2/c1-15-24-22(16-6-8-17(23)9-7-16)20(29-15)12-21(26)25(13-18-4-2-10-27-18)14-19-5-3-11-28-19/h2-11H,12-14H2,1H3. The van der Waals surface area contributed by atoms with Gasteiger partial charge in [0.15, 0.2) is 0 Å². The van der Waals surface area contributed by atoms with Crippen LogP contribution in [-0.4, -0.2) is 15.8 Å². The summed E-state index contributed by atoms with van der Waals surface area (Å²) in [4.78, 5) is 21.6. The average molecular weight is 427 g/mol. The molecule has 0 saturated carbocycles. The van der Waals surface area contributed by atoms with Gasteiger partial charge in [-0.25, -0.2) is 9.37 Å². The fourth-order valence-electron chi connectivity index (χ4n) is 3.09. The third kappa shape index (κ3) is 4.81. The number of aryl methyl sites for hydroxylation is 1. The number of amides is 1. The van der Waals surface area contributed by atoms with E-state index in [9.17, 15) is 9.18 Å². The van der Waals surface area contributed by atoms with Gasteiger partial charge in [-0.3, -0.25) is 4.79 Å². The summed E-state index contributed by atoms with van der Waals surface area (Å²) in [6, 6.07) is 13.9. The van der Waals surface area contributed by atoms with Crippen molar-refractivity contribution in [3.05, 3.63) is 86.5 Å². The third-order valence-electron chi connectivity index (χ3n) is 4.44. The van der Waals surface area contributed by atoms with Crippen LogP contribution in [0.3, 0.4) is 0 Å². The van der Waals surface area contributed by atoms with Gasteiger partial charge >= 0.3 is 0 Å². The summed E-state index contributed by atoms with van der Waals surface area (Å²) in [6.07, 6.45) is 1.85. The van der Waals surface area contributed by atoms with E-state index in [-0.39, 0.29) is 18.1 Å². The number of halogens is 1. The van der Waals surface area contributed by atoms with Crippen LogP contribution in [0.2, 0.25) is 0 Å². The molecule has 0 saturated heterocycles. The van der Waals surface area contributed by atoms with Gasteiger partial charge in [-0.05, 0) is 54.8 Å². The van der Waals surface area contributed by atoms with Gasteiger partial charge in [0.2, 0.25) is 5.91 Å². The summed E-state index contributed by atoms with van der Waals surface area (Å²) in [5.41, 5.74) is 1.56. The van der Waals surface area contributed by atoms with Crippen molar-refractivity contribution >= 4 is 28.6 Å². The van der Waals surface area contributed by atoms with Crippen molar-refractivity contribution in [1.82, 2.24) is 9.88 Å². The molecule has 4 aromatic rings. The second kappa shape index (κ2) is 8.71. The lowest BCUT2D eigenvalue weighted by Gasteiger charge is -2.21. The van der Waals surface area contributed by atoms with Crippen LogP contribution in [0.5, 0.6) is 0 Å². The first kappa shape index (κ1) is 19.5. The molecule has 4 nitrogen and oxygen atoms in total. The van der Waals surface area contributed by atoms with Crippen molar-refractivity contribution in [1.29, 1.82) is 0 Å². The van der Waals surface area contributed by atoms with Gasteiger partial charge in [-0.2, -0.15) is 0 Å². The molecule has 1 amide bonds. The third-order valence-corrected chi connectivity index (χ3v) is 6.27. The molecule has 0 aliphatic heterocycles. The van der Waals surface area contributed by atoms with Gasteiger partial charge in [-0.15, -0.1) is 22.7 Å². The number of rotatable bonds is 7. The maximum Gasteiger partial charge on any atom is 0.228 e. The quantitative estimate of drug-likeness (QED) is 0.382. The predicted octanol–water partition coefficient (Wildman–Crippen LogP) is 5.68. The molecular weight excluding hydrogens is 407 g/mol. The zero-order valence-corrected chi connectivity index (χ0v) is 17.4. The van der Waals surface area contributed by atoms with Crippen molar-refractivity contribution in [2.75, 3.05) is 0 Å². The van der Waals surface area contributed by atoms with Crippen LogP contribution in [0.4, 0.5) is 4.39 Å². The number of carbonyl (C=O) groups is 1. The molecule has 29 heavy (non-hydrogen) atoms. The van der Waals surface area contributed by atoms with E-state index in [0.29, 0.717) is 13.1 Å². The van der Waals surface area contributed by atoms with E-state index >= 15 is 0 Å². The number of aromatic nitrogens is 1. The summed E-state index contributed by atoms with van der Waals surface area (Å²) in [6.45, 7) is 2.85. The Labute approximate surface area is 176 Å². The molecular formula is C22H19FN2O2S2. The maximum absolute atomic E-state index is 13.3. The minimum atomic E-state index is -0.293. The minimum absolute atomic E-state index is 0.00168. The molecule has 148 valence electrons. The molecule has 3 heterocycles. The Balaban J connectivity index is 1.58. The van der Waals surface area contributed by atoms with E-state index in [4.69, 9.17) is 4.42 Å². The lowest BCUT2D eigenvalue weighted by molar-refractivity contribution is -0.131. The number of thiophene rings is 1. The van der Waals surface area contributed by atoms with Crippen molar-refractivity contribution in [3.8, 4) is 11.3 Å². The fourth-order valence-corrected chi connectivity index (χ4v) is 4.75. The summed E-state index contributed by atoms with van der Waals surface area (Å²) in [7, 11) is 0. The van der Waals surface area contributed by atoms with Crippen LogP contribution in [0.15, 0.2) is 64.6 Å². The van der Waals surface area contributed by atoms with Crippen LogP contribution in [0, 0.1) is 12.7 Å². The van der Waals surface area contributed by atoms with E-state index in [1.807, 2.05) is 36.6 Å². The van der Waals surface area contributed by atoms with Crippen LogP contribution < -0.4 is 0 Å². The van der Waals surface area contributed by atoms with E-state index in [0.717, 1.165) is 31.8 Å². The first-order valence-electron chi connectivity index (χ1n) is 9.13. The zero-order valence-electron chi connectivity index (χ0n) is 15.8. The first-order chi connectivity index (χ1) is 14.1. The van der Waals surface area contributed by atoms with E-state index in [1.54, 1.807) is 34.6 Å². The van der Waals surface area contributed by atoms with Crippen molar-refractivity contribution in [2.24, 2.45) is 0 Å². The summed E-state index contributed by atoms with van der Waals surface area (Å²) < 4.78 is 18.8. The number of hydrogen-bond donors (Lipinski definition) is 0. The Morgan fingerprint density at radius 2 is 1.97 bits per heavy atom. The second-order valence-electron chi connectivity index (χ2n) is 6.60. The summed E-state index contributed by atoms with van der Waals surface area (Å²) in [5.74, 6) is 0.454. The molecule has 0 atom stereocenters. The smallest absolute Gasteiger partial charge is 0.228 e. The Morgan fingerprint density at radius 3 is 2.66 bits per heavy atom. The Morgan fingerprint density at radius 1 is 1.14 bits per heavy atom. The van der Waals surface area contributed by atoms with Crippen LogP contribution in [-0.2, 0) is 24.3 Å². The van der Waals surface area contributed by atoms with Gasteiger partial charge in [0.1, 0.15) is 11.6 Å². The number of benzene rings is 1. The van der Waals surface area contributed by atoms with Crippen LogP contribution in [0.25, 0.3) is 11.3 Å². The molecule has 0 spiro atoms. The SMILES string of the molecule is Cc1nc(-c2ccc(F)cc2)c(CC(=O)N(Cc2ccco2)Cc2cccs2)s1. The van der Waals surface area contributed by atoms with Gasteiger partial charge < -0.3 is 9.32 Å². The largest absolute Gasteiger partial charge is 0.467 e. The highest BCUT2D eigenvalue weighted by Crippen LogP contribution is 2.29. The molecule has 0 N–H and O–H groups in total. The van der Waals surface area contributed by atoms with Gasteiger partial charge in [0, 0.05) is 15.3 Å². The molecule has 0 fully saturated rings.